The quantitative estimate of drug-likeness (QED) is 0.374. The maximum atomic E-state index is 10.6. The van der Waals surface area contributed by atoms with Crippen LogP contribution in [0.5, 0.6) is 0 Å². The van der Waals surface area contributed by atoms with Crippen LogP contribution < -0.4 is 4.90 Å². The number of carbonyl (C=O) groups is 1. The molecule has 15 heteroatoms. The maximum absolute atomic E-state index is 10.6. The average molecular weight is 548 g/mol. The van der Waals surface area contributed by atoms with Gasteiger partial charge in [-0.2, -0.15) is 34.1 Å². The number of aromatic nitrogens is 6. The van der Waals surface area contributed by atoms with Crippen LogP contribution in [-0.4, -0.2) is 60.1 Å². The summed E-state index contributed by atoms with van der Waals surface area (Å²) in [6, 6.07) is 9.81. The number of nitrogens with one attached hydrogen (secondary N) is 1. The highest BCUT2D eigenvalue weighted by molar-refractivity contribution is 5.90. The molecule has 0 saturated carbocycles. The molecule has 202 valence electrons. The smallest absolute Gasteiger partial charge is 0.475 e. The Morgan fingerprint density at radius 2 is 1.98 bits per heavy atom. The van der Waals surface area contributed by atoms with Crippen LogP contribution in [0, 0.1) is 39.9 Å². The van der Waals surface area contributed by atoms with Crippen molar-refractivity contribution in [2.24, 2.45) is 5.92 Å². The van der Waals surface area contributed by atoms with Gasteiger partial charge in [0, 0.05) is 48.5 Å². The molecule has 5 rings (SSSR count). The lowest BCUT2D eigenvalue weighted by Crippen LogP contribution is -2.26. The summed E-state index contributed by atoms with van der Waals surface area (Å²) in [4.78, 5) is 27.0. The zero-order valence-corrected chi connectivity index (χ0v) is 20.5. The van der Waals surface area contributed by atoms with E-state index < -0.39 is 12.1 Å². The summed E-state index contributed by atoms with van der Waals surface area (Å²) in [5.74, 6) is -2.10. The number of nitriles is 3. The predicted molar refractivity (Wildman–Crippen MR) is 132 cm³/mol. The highest BCUT2D eigenvalue weighted by Crippen LogP contribution is 2.35. The van der Waals surface area contributed by atoms with Crippen LogP contribution in [0.25, 0.3) is 22.3 Å². The van der Waals surface area contributed by atoms with E-state index in [0.29, 0.717) is 30.9 Å². The summed E-state index contributed by atoms with van der Waals surface area (Å²) < 4.78 is 33.6. The number of fused-ring (bicyclic) bond motifs is 1. The molecule has 1 aliphatic heterocycles. The predicted octanol–water partition coefficient (Wildman–Crippen LogP) is 3.57. The Balaban J connectivity index is 0.000000470. The Kier molecular flexibility index (Phi) is 7.91. The molecule has 0 radical (unpaired) electrons. The Morgan fingerprint density at radius 3 is 2.65 bits per heavy atom. The van der Waals surface area contributed by atoms with E-state index in [9.17, 15) is 29.0 Å². The number of halogens is 3. The van der Waals surface area contributed by atoms with Crippen molar-refractivity contribution in [3.63, 3.8) is 0 Å². The Labute approximate surface area is 224 Å². The summed E-state index contributed by atoms with van der Waals surface area (Å²) in [7, 11) is 0. The van der Waals surface area contributed by atoms with E-state index in [4.69, 9.17) is 9.90 Å². The SMILES string of the molecule is N#CCC(C1CCN(c2nccc(C#N)c2C#N)C1)n1cc(-c2ncnc3[nH]ccc23)cn1.O=C(O)C(F)(F)F. The molecule has 1 fully saturated rings. The number of alkyl halides is 3. The number of anilines is 1. The van der Waals surface area contributed by atoms with Crippen LogP contribution in [-0.2, 0) is 4.79 Å². The number of rotatable bonds is 5. The van der Waals surface area contributed by atoms with Crippen molar-refractivity contribution in [2.75, 3.05) is 18.0 Å². The van der Waals surface area contributed by atoms with Crippen molar-refractivity contribution in [3.8, 4) is 29.5 Å². The lowest BCUT2D eigenvalue weighted by atomic mass is 9.96. The molecule has 0 bridgehead atoms. The third-order valence-corrected chi connectivity index (χ3v) is 6.34. The lowest BCUT2D eigenvalue weighted by molar-refractivity contribution is -0.192. The van der Waals surface area contributed by atoms with E-state index >= 15 is 0 Å². The Hall–Kier alpha value is -5.49. The van der Waals surface area contributed by atoms with Crippen LogP contribution in [0.3, 0.4) is 0 Å². The first kappa shape index (κ1) is 27.5. The third-order valence-electron chi connectivity index (χ3n) is 6.34. The van der Waals surface area contributed by atoms with E-state index in [-0.39, 0.29) is 17.5 Å². The second kappa shape index (κ2) is 11.5. The number of aromatic amines is 1. The number of hydrogen-bond acceptors (Lipinski definition) is 9. The Bertz CT molecular complexity index is 1660. The van der Waals surface area contributed by atoms with Gasteiger partial charge in [0.2, 0.25) is 0 Å². The van der Waals surface area contributed by atoms with Gasteiger partial charge >= 0.3 is 12.1 Å². The average Bonchev–Trinajstić information content (AvgIpc) is 3.71. The van der Waals surface area contributed by atoms with Crippen molar-refractivity contribution >= 4 is 22.8 Å². The first-order valence-electron chi connectivity index (χ1n) is 11.7. The summed E-state index contributed by atoms with van der Waals surface area (Å²) >= 11 is 0. The minimum atomic E-state index is -5.08. The lowest BCUT2D eigenvalue weighted by Gasteiger charge is -2.23. The molecule has 2 atom stereocenters. The van der Waals surface area contributed by atoms with Crippen LogP contribution >= 0.6 is 0 Å². The van der Waals surface area contributed by atoms with Crippen molar-refractivity contribution in [1.29, 1.82) is 15.8 Å². The summed E-state index contributed by atoms with van der Waals surface area (Å²) in [5.41, 5.74) is 3.01. The molecule has 2 N–H and O–H groups in total. The van der Waals surface area contributed by atoms with Crippen LogP contribution in [0.15, 0.2) is 43.2 Å². The van der Waals surface area contributed by atoms with Gasteiger partial charge in [-0.25, -0.2) is 19.7 Å². The van der Waals surface area contributed by atoms with Gasteiger partial charge in [0.1, 0.15) is 35.5 Å². The molecule has 40 heavy (non-hydrogen) atoms. The van der Waals surface area contributed by atoms with Crippen molar-refractivity contribution in [2.45, 2.75) is 25.1 Å². The number of pyridine rings is 1. The first-order valence-corrected chi connectivity index (χ1v) is 11.7. The van der Waals surface area contributed by atoms with Gasteiger partial charge in [0.25, 0.3) is 0 Å². The van der Waals surface area contributed by atoms with Gasteiger partial charge in [0.15, 0.2) is 0 Å². The summed E-state index contributed by atoms with van der Waals surface area (Å²) in [5, 5.41) is 41.0. The minimum absolute atomic E-state index is 0.133. The van der Waals surface area contributed by atoms with Crippen LogP contribution in [0.2, 0.25) is 0 Å². The van der Waals surface area contributed by atoms with Crippen LogP contribution in [0.1, 0.15) is 30.0 Å². The van der Waals surface area contributed by atoms with E-state index in [1.807, 2.05) is 28.0 Å². The number of carboxylic acids is 1. The molecule has 1 saturated heterocycles. The molecular weight excluding hydrogens is 529 g/mol. The minimum Gasteiger partial charge on any atom is -0.475 e. The van der Waals surface area contributed by atoms with Gasteiger partial charge < -0.3 is 15.0 Å². The molecule has 4 aromatic rings. The van der Waals surface area contributed by atoms with Gasteiger partial charge in [-0.05, 0) is 18.6 Å². The van der Waals surface area contributed by atoms with E-state index in [0.717, 1.165) is 28.7 Å². The third kappa shape index (κ3) is 5.66. The maximum Gasteiger partial charge on any atom is 0.490 e. The number of aliphatic carboxylic acids is 1. The topological polar surface area (TPSA) is 184 Å². The van der Waals surface area contributed by atoms with E-state index in [1.165, 1.54) is 6.33 Å². The number of nitrogens with zero attached hydrogens (tertiary/aromatic N) is 9. The molecule has 5 heterocycles. The first-order chi connectivity index (χ1) is 19.2. The standard InChI is InChI=1S/C23H18N10.C2HF3O2/c24-5-1-20(16-4-8-32(12-16)23-19(10-26)15(9-25)2-6-28-23)33-13-17(11-31-33)21-18-3-7-27-22(18)30-14-29-21;3-2(4,5)1(6)7/h2-3,6-7,11,13-14,16,20H,1,4,8,12H2,(H,27,29,30);(H,6,7). The molecule has 0 aliphatic carbocycles. The Morgan fingerprint density at radius 1 is 1.20 bits per heavy atom. The zero-order valence-electron chi connectivity index (χ0n) is 20.5. The molecule has 4 aromatic heterocycles. The molecule has 0 amide bonds. The van der Waals surface area contributed by atoms with Crippen molar-refractivity contribution in [1.82, 2.24) is 29.7 Å². The molecular formula is C25H19F3N10O2. The second-order valence-corrected chi connectivity index (χ2v) is 8.68. The van der Waals surface area contributed by atoms with Crippen LogP contribution in [0.4, 0.5) is 19.0 Å². The van der Waals surface area contributed by atoms with E-state index in [2.05, 4.69) is 43.2 Å². The molecule has 2 unspecified atom stereocenters. The van der Waals surface area contributed by atoms with Gasteiger partial charge in [-0.3, -0.25) is 4.68 Å². The number of carboxylic acid groups (broad SMARTS) is 1. The second-order valence-electron chi connectivity index (χ2n) is 8.68. The zero-order chi connectivity index (χ0) is 28.9. The van der Waals surface area contributed by atoms with Gasteiger partial charge in [-0.1, -0.05) is 0 Å². The fourth-order valence-corrected chi connectivity index (χ4v) is 4.50. The normalized spacial score (nSPS) is 15.4. The fraction of sp³-hybridized carbons (Fsp3) is 0.280. The monoisotopic (exact) mass is 548 g/mol. The number of H-pyrrole nitrogens is 1. The van der Waals surface area contributed by atoms with Gasteiger partial charge in [0.05, 0.1) is 36.0 Å². The fourth-order valence-electron chi connectivity index (χ4n) is 4.50. The molecule has 12 nitrogen and oxygen atoms in total. The van der Waals surface area contributed by atoms with Crippen molar-refractivity contribution < 1.29 is 23.1 Å². The highest BCUT2D eigenvalue weighted by atomic mass is 19.4. The summed E-state index contributed by atoms with van der Waals surface area (Å²) in [6.07, 6.45) is 4.62. The number of hydrogen-bond donors (Lipinski definition) is 2. The van der Waals surface area contributed by atoms with Crippen molar-refractivity contribution in [3.05, 3.63) is 54.4 Å². The molecule has 0 aromatic carbocycles. The van der Waals surface area contributed by atoms with E-state index in [1.54, 1.807) is 18.5 Å². The molecule has 1 aliphatic rings. The summed E-state index contributed by atoms with van der Waals surface area (Å²) in [6.45, 7) is 1.31. The molecule has 0 spiro atoms. The van der Waals surface area contributed by atoms with Gasteiger partial charge in [-0.15, -0.1) is 0 Å². The highest BCUT2D eigenvalue weighted by Gasteiger charge is 2.38. The largest absolute Gasteiger partial charge is 0.490 e.